The Morgan fingerprint density at radius 2 is 2.33 bits per heavy atom. The SMILES string of the molecule is C[C@@H]1CC[C@H](CCO)N(C=O)C1. The molecule has 12 heavy (non-hydrogen) atoms. The summed E-state index contributed by atoms with van der Waals surface area (Å²) in [6.07, 6.45) is 3.86. The molecule has 1 amide bonds. The molecule has 1 saturated heterocycles. The van der Waals surface area contributed by atoms with Crippen LogP contribution in [-0.4, -0.2) is 35.6 Å². The van der Waals surface area contributed by atoms with Crippen molar-refractivity contribution in [3.63, 3.8) is 0 Å². The summed E-state index contributed by atoms with van der Waals surface area (Å²) >= 11 is 0. The van der Waals surface area contributed by atoms with Crippen LogP contribution in [0.15, 0.2) is 0 Å². The second-order valence-corrected chi connectivity index (χ2v) is 3.65. The minimum Gasteiger partial charge on any atom is -0.396 e. The van der Waals surface area contributed by atoms with Gasteiger partial charge in [-0.15, -0.1) is 0 Å². The summed E-state index contributed by atoms with van der Waals surface area (Å²) < 4.78 is 0. The van der Waals surface area contributed by atoms with E-state index in [1.807, 2.05) is 4.90 Å². The maximum atomic E-state index is 10.6. The highest BCUT2D eigenvalue weighted by molar-refractivity contribution is 5.48. The molecule has 70 valence electrons. The second-order valence-electron chi connectivity index (χ2n) is 3.65. The summed E-state index contributed by atoms with van der Waals surface area (Å²) in [6, 6.07) is 0.281. The Labute approximate surface area is 73.4 Å². The molecule has 0 spiro atoms. The first-order chi connectivity index (χ1) is 5.77. The van der Waals surface area contributed by atoms with Gasteiger partial charge < -0.3 is 10.0 Å². The number of carbonyl (C=O) groups is 1. The average molecular weight is 171 g/mol. The number of carbonyl (C=O) groups excluding carboxylic acids is 1. The van der Waals surface area contributed by atoms with E-state index in [1.165, 1.54) is 6.42 Å². The van der Waals surface area contributed by atoms with Gasteiger partial charge in [0.15, 0.2) is 0 Å². The molecule has 0 aromatic rings. The van der Waals surface area contributed by atoms with Crippen molar-refractivity contribution in [2.24, 2.45) is 5.92 Å². The topological polar surface area (TPSA) is 40.5 Å². The molecule has 0 aromatic heterocycles. The van der Waals surface area contributed by atoms with Crippen molar-refractivity contribution < 1.29 is 9.90 Å². The van der Waals surface area contributed by atoms with Gasteiger partial charge in [0.2, 0.25) is 6.41 Å². The molecule has 1 aliphatic rings. The van der Waals surface area contributed by atoms with Crippen LogP contribution in [0.3, 0.4) is 0 Å². The van der Waals surface area contributed by atoms with Gasteiger partial charge in [-0.1, -0.05) is 6.92 Å². The minimum absolute atomic E-state index is 0.184. The van der Waals surface area contributed by atoms with Gasteiger partial charge in [-0.05, 0) is 25.2 Å². The molecular formula is C9H17NO2. The summed E-state index contributed by atoms with van der Waals surface area (Å²) in [7, 11) is 0. The van der Waals surface area contributed by atoms with Gasteiger partial charge in [0.1, 0.15) is 0 Å². The number of hydrogen-bond donors (Lipinski definition) is 1. The zero-order valence-corrected chi connectivity index (χ0v) is 7.57. The van der Waals surface area contributed by atoms with Gasteiger partial charge in [-0.25, -0.2) is 0 Å². The lowest BCUT2D eigenvalue weighted by Gasteiger charge is -2.35. The fourth-order valence-electron chi connectivity index (χ4n) is 1.83. The Morgan fingerprint density at radius 3 is 2.92 bits per heavy atom. The molecule has 1 aliphatic heterocycles. The van der Waals surface area contributed by atoms with E-state index in [0.29, 0.717) is 5.92 Å². The standard InChI is InChI=1S/C9H17NO2/c1-8-2-3-9(4-5-11)10(6-8)7-12/h7-9,11H,2-6H2,1H3/t8-,9-/m1/s1. The van der Waals surface area contributed by atoms with Crippen molar-refractivity contribution in [2.45, 2.75) is 32.2 Å². The van der Waals surface area contributed by atoms with Crippen LogP contribution < -0.4 is 0 Å². The molecule has 0 radical (unpaired) electrons. The maximum absolute atomic E-state index is 10.6. The lowest BCUT2D eigenvalue weighted by atomic mass is 9.93. The van der Waals surface area contributed by atoms with Crippen LogP contribution in [-0.2, 0) is 4.79 Å². The second kappa shape index (κ2) is 4.45. The van der Waals surface area contributed by atoms with Crippen molar-refractivity contribution in [1.82, 2.24) is 4.90 Å². The van der Waals surface area contributed by atoms with E-state index in [2.05, 4.69) is 6.92 Å². The molecule has 0 bridgehead atoms. The first-order valence-corrected chi connectivity index (χ1v) is 4.59. The van der Waals surface area contributed by atoms with E-state index < -0.39 is 0 Å². The Hall–Kier alpha value is -0.570. The van der Waals surface area contributed by atoms with E-state index >= 15 is 0 Å². The number of aliphatic hydroxyl groups excluding tert-OH is 1. The van der Waals surface area contributed by atoms with E-state index in [0.717, 1.165) is 25.8 Å². The number of amides is 1. The minimum atomic E-state index is 0.184. The average Bonchev–Trinajstić information content (AvgIpc) is 2.08. The van der Waals surface area contributed by atoms with Gasteiger partial charge in [0.25, 0.3) is 0 Å². The van der Waals surface area contributed by atoms with E-state index in [-0.39, 0.29) is 12.6 Å². The molecule has 1 N–H and O–H groups in total. The third-order valence-electron chi connectivity index (χ3n) is 2.58. The van der Waals surface area contributed by atoms with Crippen LogP contribution in [0.1, 0.15) is 26.2 Å². The highest BCUT2D eigenvalue weighted by Crippen LogP contribution is 2.21. The first-order valence-electron chi connectivity index (χ1n) is 4.59. The van der Waals surface area contributed by atoms with Crippen LogP contribution >= 0.6 is 0 Å². The first kappa shape index (κ1) is 9.52. The van der Waals surface area contributed by atoms with E-state index in [1.54, 1.807) is 0 Å². The monoisotopic (exact) mass is 171 g/mol. The fraction of sp³-hybridized carbons (Fsp3) is 0.889. The van der Waals surface area contributed by atoms with E-state index in [4.69, 9.17) is 5.11 Å². The van der Waals surface area contributed by atoms with Crippen LogP contribution in [0.2, 0.25) is 0 Å². The highest BCUT2D eigenvalue weighted by atomic mass is 16.3. The fourth-order valence-corrected chi connectivity index (χ4v) is 1.83. The van der Waals surface area contributed by atoms with Gasteiger partial charge in [0.05, 0.1) is 0 Å². The number of nitrogens with zero attached hydrogens (tertiary/aromatic N) is 1. The Balaban J connectivity index is 2.44. The predicted molar refractivity (Wildman–Crippen MR) is 46.7 cm³/mol. The molecule has 3 heteroatoms. The normalized spacial score (nSPS) is 30.3. The highest BCUT2D eigenvalue weighted by Gasteiger charge is 2.23. The van der Waals surface area contributed by atoms with Crippen molar-refractivity contribution in [2.75, 3.05) is 13.2 Å². The van der Waals surface area contributed by atoms with Gasteiger partial charge >= 0.3 is 0 Å². The van der Waals surface area contributed by atoms with Crippen LogP contribution in [0.5, 0.6) is 0 Å². The summed E-state index contributed by atoms with van der Waals surface area (Å²) in [4.78, 5) is 12.5. The van der Waals surface area contributed by atoms with Gasteiger partial charge in [-0.2, -0.15) is 0 Å². The third-order valence-corrected chi connectivity index (χ3v) is 2.58. The molecule has 0 unspecified atom stereocenters. The Kier molecular flexibility index (Phi) is 3.53. The van der Waals surface area contributed by atoms with Crippen molar-refractivity contribution in [3.8, 4) is 0 Å². The molecule has 1 heterocycles. The Morgan fingerprint density at radius 1 is 1.58 bits per heavy atom. The van der Waals surface area contributed by atoms with E-state index in [9.17, 15) is 4.79 Å². The lowest BCUT2D eigenvalue weighted by Crippen LogP contribution is -2.42. The number of rotatable bonds is 3. The summed E-state index contributed by atoms with van der Waals surface area (Å²) in [6.45, 7) is 3.20. The number of hydrogen-bond acceptors (Lipinski definition) is 2. The zero-order chi connectivity index (χ0) is 8.97. The molecule has 1 rings (SSSR count). The molecule has 0 saturated carbocycles. The summed E-state index contributed by atoms with van der Waals surface area (Å²) in [5, 5.41) is 8.76. The quantitative estimate of drug-likeness (QED) is 0.632. The molecule has 0 aromatic carbocycles. The lowest BCUT2D eigenvalue weighted by molar-refractivity contribution is -0.122. The maximum Gasteiger partial charge on any atom is 0.209 e. The predicted octanol–water partition coefficient (Wildman–Crippen LogP) is 0.626. The smallest absolute Gasteiger partial charge is 0.209 e. The van der Waals surface area contributed by atoms with Gasteiger partial charge in [0, 0.05) is 19.2 Å². The zero-order valence-electron chi connectivity index (χ0n) is 7.57. The number of likely N-dealkylation sites (tertiary alicyclic amines) is 1. The van der Waals surface area contributed by atoms with Crippen molar-refractivity contribution in [1.29, 1.82) is 0 Å². The van der Waals surface area contributed by atoms with Crippen molar-refractivity contribution in [3.05, 3.63) is 0 Å². The molecule has 2 atom stereocenters. The Bertz CT molecular complexity index is 149. The summed E-state index contributed by atoms with van der Waals surface area (Å²) in [5.41, 5.74) is 0. The number of aliphatic hydroxyl groups is 1. The summed E-state index contributed by atoms with van der Waals surface area (Å²) in [5.74, 6) is 0.616. The van der Waals surface area contributed by atoms with Gasteiger partial charge in [-0.3, -0.25) is 4.79 Å². The molecule has 0 aliphatic carbocycles. The van der Waals surface area contributed by atoms with Crippen LogP contribution in [0, 0.1) is 5.92 Å². The van der Waals surface area contributed by atoms with Crippen LogP contribution in [0.25, 0.3) is 0 Å². The van der Waals surface area contributed by atoms with Crippen LogP contribution in [0.4, 0.5) is 0 Å². The number of piperidine rings is 1. The third kappa shape index (κ3) is 2.21. The molecule has 3 nitrogen and oxygen atoms in total. The van der Waals surface area contributed by atoms with Crippen molar-refractivity contribution >= 4 is 6.41 Å². The molecular weight excluding hydrogens is 154 g/mol. The largest absolute Gasteiger partial charge is 0.396 e. The molecule has 1 fully saturated rings.